The van der Waals surface area contributed by atoms with Crippen LogP contribution in [0.3, 0.4) is 0 Å². The minimum atomic E-state index is 0.769. The molecule has 21 heavy (non-hydrogen) atoms. The van der Waals surface area contributed by atoms with E-state index in [-0.39, 0.29) is 0 Å². The molecule has 2 heterocycles. The molecule has 1 saturated heterocycles. The van der Waals surface area contributed by atoms with Gasteiger partial charge in [0.25, 0.3) is 0 Å². The Bertz CT molecular complexity index is 425. The van der Waals surface area contributed by atoms with Gasteiger partial charge in [0.1, 0.15) is 0 Å². The van der Waals surface area contributed by atoms with Gasteiger partial charge >= 0.3 is 0 Å². The largest absolute Gasteiger partial charge is 0.338 e. The summed E-state index contributed by atoms with van der Waals surface area (Å²) < 4.78 is 5.33. The average Bonchev–Trinajstić information content (AvgIpc) is 2.97. The molecule has 5 nitrogen and oxygen atoms in total. The van der Waals surface area contributed by atoms with Gasteiger partial charge in [0.15, 0.2) is 5.82 Å². The Kier molecular flexibility index (Phi) is 5.55. The molecule has 0 unspecified atom stereocenters. The molecule has 1 saturated carbocycles. The van der Waals surface area contributed by atoms with Crippen LogP contribution in [-0.4, -0.2) is 58.4 Å². The molecule has 0 amide bonds. The van der Waals surface area contributed by atoms with Crippen molar-refractivity contribution in [3.63, 3.8) is 0 Å². The monoisotopic (exact) mass is 310 g/mol. The summed E-state index contributed by atoms with van der Waals surface area (Å²) in [5.74, 6) is 2.42. The summed E-state index contributed by atoms with van der Waals surface area (Å²) in [5.41, 5.74) is 0. The second-order valence-electron chi connectivity index (χ2n) is 6.14. The van der Waals surface area contributed by atoms with Gasteiger partial charge < -0.3 is 4.52 Å². The number of rotatable bonds is 5. The SMILES string of the molecule is CSCc1noc(CN2CCN(C3CCCCC3)CC2)n1. The number of hydrogen-bond donors (Lipinski definition) is 0. The lowest BCUT2D eigenvalue weighted by molar-refractivity contribution is 0.0702. The Labute approximate surface area is 131 Å². The van der Waals surface area contributed by atoms with Crippen molar-refractivity contribution in [1.82, 2.24) is 19.9 Å². The topological polar surface area (TPSA) is 45.4 Å². The zero-order chi connectivity index (χ0) is 14.5. The lowest BCUT2D eigenvalue weighted by atomic mass is 9.94. The lowest BCUT2D eigenvalue weighted by Gasteiger charge is -2.40. The summed E-state index contributed by atoms with van der Waals surface area (Å²) in [6.45, 7) is 5.43. The van der Waals surface area contributed by atoms with Crippen molar-refractivity contribution in [2.24, 2.45) is 0 Å². The van der Waals surface area contributed by atoms with E-state index in [9.17, 15) is 0 Å². The third kappa shape index (κ3) is 4.20. The van der Waals surface area contributed by atoms with Gasteiger partial charge in [-0.05, 0) is 19.1 Å². The predicted molar refractivity (Wildman–Crippen MR) is 85.2 cm³/mol. The Hall–Kier alpha value is -0.590. The van der Waals surface area contributed by atoms with Crippen LogP contribution in [-0.2, 0) is 12.3 Å². The summed E-state index contributed by atoms with van der Waals surface area (Å²) in [6, 6.07) is 0.845. The second kappa shape index (κ2) is 7.61. The van der Waals surface area contributed by atoms with Crippen molar-refractivity contribution in [2.75, 3.05) is 32.4 Å². The first kappa shape index (κ1) is 15.3. The van der Waals surface area contributed by atoms with E-state index in [4.69, 9.17) is 4.52 Å². The van der Waals surface area contributed by atoms with Gasteiger partial charge in [-0.25, -0.2) is 0 Å². The molecular formula is C15H26N4OS. The van der Waals surface area contributed by atoms with Crippen molar-refractivity contribution in [3.05, 3.63) is 11.7 Å². The zero-order valence-electron chi connectivity index (χ0n) is 13.0. The van der Waals surface area contributed by atoms with E-state index >= 15 is 0 Å². The van der Waals surface area contributed by atoms with Crippen LogP contribution in [0.2, 0.25) is 0 Å². The number of nitrogens with zero attached hydrogens (tertiary/aromatic N) is 4. The smallest absolute Gasteiger partial charge is 0.240 e. The van der Waals surface area contributed by atoms with Crippen molar-refractivity contribution in [1.29, 1.82) is 0 Å². The minimum Gasteiger partial charge on any atom is -0.338 e. The molecule has 6 heteroatoms. The highest BCUT2D eigenvalue weighted by atomic mass is 32.2. The van der Waals surface area contributed by atoms with Crippen molar-refractivity contribution >= 4 is 11.8 Å². The third-order valence-corrected chi connectivity index (χ3v) is 5.19. The molecule has 0 aromatic carbocycles. The molecule has 1 aliphatic carbocycles. The molecule has 0 atom stereocenters. The van der Waals surface area contributed by atoms with Crippen molar-refractivity contribution < 1.29 is 4.52 Å². The fourth-order valence-corrected chi connectivity index (χ4v) is 3.84. The molecule has 118 valence electrons. The van der Waals surface area contributed by atoms with E-state index in [1.54, 1.807) is 11.8 Å². The highest BCUT2D eigenvalue weighted by molar-refractivity contribution is 7.97. The standard InChI is InChI=1S/C15H26N4OS/c1-21-12-14-16-15(20-17-14)11-18-7-9-19(10-8-18)13-5-3-2-4-6-13/h13H,2-12H2,1H3. The van der Waals surface area contributed by atoms with Gasteiger partial charge in [-0.15, -0.1) is 0 Å². The van der Waals surface area contributed by atoms with Crippen molar-refractivity contribution in [3.8, 4) is 0 Å². The number of hydrogen-bond acceptors (Lipinski definition) is 6. The first-order chi connectivity index (χ1) is 10.3. The van der Waals surface area contributed by atoms with Crippen LogP contribution in [0.1, 0.15) is 43.8 Å². The molecule has 0 N–H and O–H groups in total. The fourth-order valence-electron chi connectivity index (χ4n) is 3.47. The normalized spacial score (nSPS) is 22.7. The van der Waals surface area contributed by atoms with Gasteiger partial charge in [-0.1, -0.05) is 24.4 Å². The van der Waals surface area contributed by atoms with Crippen LogP contribution in [0.5, 0.6) is 0 Å². The first-order valence-corrected chi connectivity index (χ1v) is 9.51. The molecule has 0 bridgehead atoms. The first-order valence-electron chi connectivity index (χ1n) is 8.12. The van der Waals surface area contributed by atoms with Gasteiger partial charge in [-0.2, -0.15) is 16.7 Å². The number of aromatic nitrogens is 2. The summed E-state index contributed by atoms with van der Waals surface area (Å²) in [5, 5.41) is 4.02. The average molecular weight is 310 g/mol. The summed E-state index contributed by atoms with van der Waals surface area (Å²) in [4.78, 5) is 9.59. The minimum absolute atomic E-state index is 0.769. The molecular weight excluding hydrogens is 284 g/mol. The molecule has 1 aromatic rings. The molecule has 0 radical (unpaired) electrons. The quantitative estimate of drug-likeness (QED) is 0.832. The Balaban J connectivity index is 1.44. The highest BCUT2D eigenvalue weighted by Crippen LogP contribution is 2.23. The fraction of sp³-hybridized carbons (Fsp3) is 0.867. The van der Waals surface area contributed by atoms with Crippen LogP contribution in [0.25, 0.3) is 0 Å². The Morgan fingerprint density at radius 1 is 1.14 bits per heavy atom. The van der Waals surface area contributed by atoms with E-state index < -0.39 is 0 Å². The van der Waals surface area contributed by atoms with E-state index in [1.165, 1.54) is 45.2 Å². The predicted octanol–water partition coefficient (Wildman–Crippen LogP) is 2.38. The maximum absolute atomic E-state index is 5.33. The molecule has 2 fully saturated rings. The van der Waals surface area contributed by atoms with Gasteiger partial charge in [0.2, 0.25) is 5.89 Å². The van der Waals surface area contributed by atoms with Gasteiger partial charge in [0, 0.05) is 32.2 Å². The van der Waals surface area contributed by atoms with E-state index in [0.717, 1.165) is 43.1 Å². The van der Waals surface area contributed by atoms with E-state index in [1.807, 2.05) is 0 Å². The Morgan fingerprint density at radius 2 is 1.90 bits per heavy atom. The van der Waals surface area contributed by atoms with Gasteiger partial charge in [0.05, 0.1) is 12.3 Å². The molecule has 0 spiro atoms. The van der Waals surface area contributed by atoms with Crippen molar-refractivity contribution in [2.45, 2.75) is 50.4 Å². The zero-order valence-corrected chi connectivity index (χ0v) is 13.8. The second-order valence-corrected chi connectivity index (χ2v) is 7.01. The maximum Gasteiger partial charge on any atom is 0.240 e. The van der Waals surface area contributed by atoms with Crippen LogP contribution >= 0.6 is 11.8 Å². The molecule has 1 aromatic heterocycles. The molecule has 2 aliphatic rings. The molecule has 1 aliphatic heterocycles. The number of thioether (sulfide) groups is 1. The number of piperazine rings is 1. The van der Waals surface area contributed by atoms with E-state index in [2.05, 4.69) is 26.2 Å². The maximum atomic E-state index is 5.33. The Morgan fingerprint density at radius 3 is 2.62 bits per heavy atom. The summed E-state index contributed by atoms with van der Waals surface area (Å²) in [7, 11) is 0. The van der Waals surface area contributed by atoms with E-state index in [0.29, 0.717) is 0 Å². The molecule has 3 rings (SSSR count). The third-order valence-electron chi connectivity index (χ3n) is 4.64. The van der Waals surface area contributed by atoms with Crippen LogP contribution in [0, 0.1) is 0 Å². The summed E-state index contributed by atoms with van der Waals surface area (Å²) >= 11 is 1.72. The summed E-state index contributed by atoms with van der Waals surface area (Å²) in [6.07, 6.45) is 9.14. The lowest BCUT2D eigenvalue weighted by Crippen LogP contribution is -2.50. The van der Waals surface area contributed by atoms with Crippen LogP contribution in [0.4, 0.5) is 0 Å². The highest BCUT2D eigenvalue weighted by Gasteiger charge is 2.25. The van der Waals surface area contributed by atoms with Crippen LogP contribution < -0.4 is 0 Å². The van der Waals surface area contributed by atoms with Gasteiger partial charge in [-0.3, -0.25) is 9.80 Å². The van der Waals surface area contributed by atoms with Crippen LogP contribution in [0.15, 0.2) is 4.52 Å².